The Hall–Kier alpha value is -1.56. The minimum absolute atomic E-state index is 0.0118. The molecule has 116 valence electrons. The van der Waals surface area contributed by atoms with Crippen molar-refractivity contribution in [1.29, 1.82) is 0 Å². The van der Waals surface area contributed by atoms with Gasteiger partial charge in [-0.1, -0.05) is 30.3 Å². The van der Waals surface area contributed by atoms with E-state index in [0.29, 0.717) is 12.8 Å². The molecule has 2 rings (SSSR count). The Balaban J connectivity index is 2.16. The first-order valence-electron chi connectivity index (χ1n) is 7.00. The van der Waals surface area contributed by atoms with Crippen LogP contribution in [0.4, 0.5) is 13.2 Å². The Bertz CT molecular complexity index is 479. The van der Waals surface area contributed by atoms with Gasteiger partial charge in [0.25, 0.3) is 0 Å². The molecule has 0 saturated heterocycles. The molecule has 1 fully saturated rings. The van der Waals surface area contributed by atoms with Crippen molar-refractivity contribution in [3.8, 4) is 0 Å². The maximum Gasteiger partial charge on any atom is 0.471 e. The van der Waals surface area contributed by atoms with Crippen LogP contribution in [0, 0.1) is 0 Å². The number of carbonyl (C=O) groups excluding carboxylic acids is 1. The number of carbonyl (C=O) groups is 1. The van der Waals surface area contributed by atoms with Gasteiger partial charge in [-0.25, -0.2) is 0 Å². The summed E-state index contributed by atoms with van der Waals surface area (Å²) in [5.74, 6) is -1.88. The van der Waals surface area contributed by atoms with Crippen LogP contribution in [0.3, 0.4) is 0 Å². The standard InChI is InChI=1S/C15H19F3N2O/c16-15(17,18)13(21)20-10-14(8-6-12(19)7-9-14)11-4-2-1-3-5-11/h1-5,12H,6-10,19H2,(H,20,21). The van der Waals surface area contributed by atoms with Crippen LogP contribution in [0.1, 0.15) is 31.2 Å². The molecule has 0 unspecified atom stereocenters. The van der Waals surface area contributed by atoms with Crippen molar-refractivity contribution in [2.24, 2.45) is 5.73 Å². The minimum atomic E-state index is -4.84. The van der Waals surface area contributed by atoms with E-state index in [1.807, 2.05) is 35.6 Å². The Morgan fingerprint density at radius 3 is 2.33 bits per heavy atom. The van der Waals surface area contributed by atoms with Gasteiger partial charge in [-0.2, -0.15) is 13.2 Å². The summed E-state index contributed by atoms with van der Waals surface area (Å²) in [4.78, 5) is 11.1. The predicted molar refractivity (Wildman–Crippen MR) is 73.6 cm³/mol. The molecule has 1 saturated carbocycles. The highest BCUT2D eigenvalue weighted by atomic mass is 19.4. The minimum Gasteiger partial charge on any atom is -0.347 e. The van der Waals surface area contributed by atoms with Gasteiger partial charge in [-0.3, -0.25) is 4.79 Å². The third-order valence-electron chi connectivity index (χ3n) is 4.22. The molecule has 1 aromatic rings. The number of amides is 1. The largest absolute Gasteiger partial charge is 0.471 e. The van der Waals surface area contributed by atoms with Gasteiger partial charge in [-0.15, -0.1) is 0 Å². The molecule has 3 N–H and O–H groups in total. The molecule has 0 atom stereocenters. The number of halogens is 3. The number of rotatable bonds is 3. The Morgan fingerprint density at radius 1 is 1.24 bits per heavy atom. The summed E-state index contributed by atoms with van der Waals surface area (Å²) < 4.78 is 37.1. The fraction of sp³-hybridized carbons (Fsp3) is 0.533. The van der Waals surface area contributed by atoms with E-state index >= 15 is 0 Å². The summed E-state index contributed by atoms with van der Waals surface area (Å²) in [6, 6.07) is 9.46. The van der Waals surface area contributed by atoms with Gasteiger partial charge >= 0.3 is 12.1 Å². The van der Waals surface area contributed by atoms with Gasteiger partial charge in [-0.05, 0) is 31.2 Å². The fourth-order valence-corrected chi connectivity index (χ4v) is 2.90. The molecule has 3 nitrogen and oxygen atoms in total. The summed E-state index contributed by atoms with van der Waals surface area (Å²) in [6.45, 7) is -0.0118. The highest BCUT2D eigenvalue weighted by Crippen LogP contribution is 2.38. The smallest absolute Gasteiger partial charge is 0.347 e. The zero-order chi connectivity index (χ0) is 15.5. The fourth-order valence-electron chi connectivity index (χ4n) is 2.90. The second kappa shape index (κ2) is 6.05. The molecule has 1 aliphatic rings. The van der Waals surface area contributed by atoms with Crippen LogP contribution < -0.4 is 11.1 Å². The van der Waals surface area contributed by atoms with Crippen LogP contribution in [-0.4, -0.2) is 24.7 Å². The number of nitrogens with two attached hydrogens (primary N) is 1. The van der Waals surface area contributed by atoms with Crippen LogP contribution in [0.25, 0.3) is 0 Å². The number of hydrogen-bond donors (Lipinski definition) is 2. The van der Waals surface area contributed by atoms with Crippen molar-refractivity contribution in [1.82, 2.24) is 5.32 Å². The zero-order valence-electron chi connectivity index (χ0n) is 11.6. The molecule has 6 heteroatoms. The average Bonchev–Trinajstić information content (AvgIpc) is 2.47. The first kappa shape index (κ1) is 15.8. The molecule has 0 aromatic heterocycles. The van der Waals surface area contributed by atoms with E-state index in [4.69, 9.17) is 5.73 Å². The van der Waals surface area contributed by atoms with Crippen molar-refractivity contribution in [3.63, 3.8) is 0 Å². The number of alkyl halides is 3. The van der Waals surface area contributed by atoms with Gasteiger partial charge in [0.2, 0.25) is 0 Å². The molecule has 0 spiro atoms. The van der Waals surface area contributed by atoms with E-state index in [-0.39, 0.29) is 12.6 Å². The first-order chi connectivity index (χ1) is 9.83. The van der Waals surface area contributed by atoms with Crippen LogP contribution in [0.5, 0.6) is 0 Å². The zero-order valence-corrected chi connectivity index (χ0v) is 11.6. The highest BCUT2D eigenvalue weighted by molar-refractivity contribution is 5.81. The molecule has 1 aromatic carbocycles. The number of nitrogens with one attached hydrogen (secondary N) is 1. The lowest BCUT2D eigenvalue weighted by Gasteiger charge is -2.40. The van der Waals surface area contributed by atoms with Crippen LogP contribution >= 0.6 is 0 Å². The topological polar surface area (TPSA) is 55.1 Å². The SMILES string of the molecule is NC1CCC(CNC(=O)C(F)(F)F)(c2ccccc2)CC1. The van der Waals surface area contributed by atoms with Crippen LogP contribution in [-0.2, 0) is 10.2 Å². The Labute approximate surface area is 121 Å². The third kappa shape index (κ3) is 3.75. The Kier molecular flexibility index (Phi) is 4.56. The molecule has 21 heavy (non-hydrogen) atoms. The quantitative estimate of drug-likeness (QED) is 0.901. The van der Waals surface area contributed by atoms with Gasteiger partial charge < -0.3 is 11.1 Å². The molecule has 0 radical (unpaired) electrons. The van der Waals surface area contributed by atoms with Gasteiger partial charge in [0, 0.05) is 18.0 Å². The molecule has 1 aliphatic carbocycles. The van der Waals surface area contributed by atoms with E-state index in [2.05, 4.69) is 0 Å². The summed E-state index contributed by atoms with van der Waals surface area (Å²) in [5, 5.41) is 2.04. The summed E-state index contributed by atoms with van der Waals surface area (Å²) in [7, 11) is 0. The lowest BCUT2D eigenvalue weighted by atomic mass is 9.68. The van der Waals surface area contributed by atoms with E-state index in [0.717, 1.165) is 18.4 Å². The number of benzene rings is 1. The van der Waals surface area contributed by atoms with Crippen molar-refractivity contribution in [2.75, 3.05) is 6.54 Å². The van der Waals surface area contributed by atoms with Crippen molar-refractivity contribution in [3.05, 3.63) is 35.9 Å². The van der Waals surface area contributed by atoms with Crippen LogP contribution in [0.15, 0.2) is 30.3 Å². The van der Waals surface area contributed by atoms with E-state index in [1.165, 1.54) is 0 Å². The molecule has 0 aliphatic heterocycles. The monoisotopic (exact) mass is 300 g/mol. The van der Waals surface area contributed by atoms with Gasteiger partial charge in [0.15, 0.2) is 0 Å². The summed E-state index contributed by atoms with van der Waals surface area (Å²) in [6.07, 6.45) is -2.00. The van der Waals surface area contributed by atoms with Crippen molar-refractivity contribution >= 4 is 5.91 Å². The molecule has 0 heterocycles. The van der Waals surface area contributed by atoms with E-state index < -0.39 is 17.5 Å². The molecule has 1 amide bonds. The Morgan fingerprint density at radius 2 is 1.81 bits per heavy atom. The summed E-state index contributed by atoms with van der Waals surface area (Å²) >= 11 is 0. The molecule has 0 bridgehead atoms. The second-order valence-corrected chi connectivity index (χ2v) is 5.66. The predicted octanol–water partition coefficient (Wildman–Crippen LogP) is 2.50. The first-order valence-corrected chi connectivity index (χ1v) is 7.00. The van der Waals surface area contributed by atoms with Gasteiger partial charge in [0.1, 0.15) is 0 Å². The maximum atomic E-state index is 12.4. The van der Waals surface area contributed by atoms with Crippen molar-refractivity contribution < 1.29 is 18.0 Å². The van der Waals surface area contributed by atoms with Gasteiger partial charge in [0.05, 0.1) is 0 Å². The second-order valence-electron chi connectivity index (χ2n) is 5.66. The van der Waals surface area contributed by atoms with E-state index in [9.17, 15) is 18.0 Å². The average molecular weight is 300 g/mol. The summed E-state index contributed by atoms with van der Waals surface area (Å²) in [5.41, 5.74) is 6.39. The van der Waals surface area contributed by atoms with Crippen molar-refractivity contribution in [2.45, 2.75) is 43.3 Å². The maximum absolute atomic E-state index is 12.4. The normalized spacial score (nSPS) is 26.4. The molecular weight excluding hydrogens is 281 g/mol. The third-order valence-corrected chi connectivity index (χ3v) is 4.22. The van der Waals surface area contributed by atoms with E-state index in [1.54, 1.807) is 0 Å². The number of hydrogen-bond acceptors (Lipinski definition) is 2. The van der Waals surface area contributed by atoms with Crippen LogP contribution in [0.2, 0.25) is 0 Å². The lowest BCUT2D eigenvalue weighted by molar-refractivity contribution is -0.173. The highest BCUT2D eigenvalue weighted by Gasteiger charge is 2.42. The molecular formula is C15H19F3N2O. The lowest BCUT2D eigenvalue weighted by Crippen LogP contribution is -2.48.